The summed E-state index contributed by atoms with van der Waals surface area (Å²) in [5.41, 5.74) is 0. The van der Waals surface area contributed by atoms with Gasteiger partial charge in [0.05, 0.1) is 30.5 Å². The van der Waals surface area contributed by atoms with Crippen molar-refractivity contribution in [3.8, 4) is 0 Å². The molecule has 22 heavy (non-hydrogen) atoms. The van der Waals surface area contributed by atoms with E-state index in [0.717, 1.165) is 12.8 Å². The number of hydrogen-bond acceptors (Lipinski definition) is 4. The molecule has 6 unspecified atom stereocenters. The molecule has 0 fully saturated rings. The first-order valence-electron chi connectivity index (χ1n) is 8.97. The number of aliphatic hydroxyl groups is 1. The van der Waals surface area contributed by atoms with Crippen molar-refractivity contribution >= 4 is 5.78 Å². The van der Waals surface area contributed by atoms with Gasteiger partial charge in [0.15, 0.2) is 0 Å². The molecule has 1 N–H and O–H groups in total. The number of hydrogen-bond donors (Lipinski definition) is 1. The third kappa shape index (κ3) is 12.1. The normalized spacial score (nSPS) is 20.6. The van der Waals surface area contributed by atoms with Gasteiger partial charge in [-0.15, -0.1) is 0 Å². The number of carbonyl (C=O) groups is 1. The van der Waals surface area contributed by atoms with Gasteiger partial charge >= 0.3 is 0 Å². The molecule has 6 atom stereocenters. The summed E-state index contributed by atoms with van der Waals surface area (Å²) < 4.78 is 18.8. The van der Waals surface area contributed by atoms with Gasteiger partial charge in [-0.2, -0.15) is 0 Å². The summed E-state index contributed by atoms with van der Waals surface area (Å²) in [7, 11) is 0. The maximum Gasteiger partial charge on any atom is 0.210 e. The van der Waals surface area contributed by atoms with E-state index in [2.05, 4.69) is 25.9 Å². The van der Waals surface area contributed by atoms with Crippen molar-refractivity contribution in [1.82, 2.24) is 0 Å². The number of ketones is 1. The van der Waals surface area contributed by atoms with E-state index in [4.69, 9.17) is 10.9 Å². The van der Waals surface area contributed by atoms with Gasteiger partial charge in [0.1, 0.15) is 5.78 Å². The third-order valence-electron chi connectivity index (χ3n) is 3.63. The zero-order valence-electron chi connectivity index (χ0n) is 16.4. The van der Waals surface area contributed by atoms with Crippen molar-refractivity contribution in [3.05, 3.63) is 0 Å². The fraction of sp³-hybridized carbons (Fsp3) is 0.944. The highest BCUT2D eigenvalue weighted by Gasteiger charge is 2.17. The fourth-order valence-corrected chi connectivity index (χ4v) is 3.09. The molecule has 4 nitrogen and oxygen atoms in total. The molecule has 0 aliphatic heterocycles. The van der Waals surface area contributed by atoms with Crippen molar-refractivity contribution in [2.24, 2.45) is 5.92 Å². The molecule has 4 heteroatoms. The average molecular weight is 318 g/mol. The highest BCUT2D eigenvalue weighted by Crippen LogP contribution is 2.17. The molecule has 0 saturated carbocycles. The minimum atomic E-state index is -0.117. The van der Waals surface area contributed by atoms with E-state index in [9.17, 15) is 4.79 Å². The third-order valence-corrected chi connectivity index (χ3v) is 3.63. The second kappa shape index (κ2) is 11.1. The van der Waals surface area contributed by atoms with Crippen LogP contribution in [0.4, 0.5) is 0 Å². The standard InChI is InChI=1S/C18H36O4/c1-12(8-13(2)19)9-15(4)21-17(6)11-18(7)22-16(5)10-14(3)20/h12,14-18,20H,8-11H2,1-7H3/i20T. The predicted molar refractivity (Wildman–Crippen MR) is 90.0 cm³/mol. The molecule has 0 aromatic rings. The average Bonchev–Trinajstić information content (AvgIpc) is 2.35. The molecule has 0 radical (unpaired) electrons. The summed E-state index contributed by atoms with van der Waals surface area (Å²) in [6, 6.07) is 0. The Kier molecular flexibility index (Phi) is 9.92. The van der Waals surface area contributed by atoms with Gasteiger partial charge < -0.3 is 19.4 Å². The molecular formula is C18H36O4. The molecule has 0 spiro atoms. The van der Waals surface area contributed by atoms with Crippen LogP contribution in [0.25, 0.3) is 0 Å². The lowest BCUT2D eigenvalue weighted by Crippen LogP contribution is -2.27. The summed E-state index contributed by atoms with van der Waals surface area (Å²) in [4.78, 5) is 11.1. The van der Waals surface area contributed by atoms with Crippen LogP contribution in [0.1, 0.15) is 74.1 Å². The minimum absolute atomic E-state index is 0.0607. The van der Waals surface area contributed by atoms with E-state index in [1.54, 1.807) is 6.92 Å². The van der Waals surface area contributed by atoms with Gasteiger partial charge in [0.2, 0.25) is 1.43 Å². The Morgan fingerprint density at radius 3 is 1.82 bits per heavy atom. The quantitative estimate of drug-likeness (QED) is 0.562. The number of carbonyl (C=O) groups excluding carboxylic acids is 1. The molecule has 0 heterocycles. The SMILES string of the molecule is [3H]OC(C)CC(C)OC(C)CC(C)OC(C)CC(C)CC(C)=O. The van der Waals surface area contributed by atoms with E-state index < -0.39 is 0 Å². The van der Waals surface area contributed by atoms with Crippen LogP contribution in [0.15, 0.2) is 0 Å². The first-order chi connectivity index (χ1) is 10.6. The highest BCUT2D eigenvalue weighted by atomic mass is 16.5. The Labute approximate surface area is 138 Å². The fourth-order valence-electron chi connectivity index (χ4n) is 3.09. The summed E-state index contributed by atoms with van der Waals surface area (Å²) in [5, 5.41) is 4.52. The minimum Gasteiger partial charge on any atom is -0.393 e. The predicted octanol–water partition coefficient (Wildman–Crippen LogP) is 3.74. The molecule has 0 saturated heterocycles. The molecule has 0 aliphatic rings. The summed E-state index contributed by atoms with van der Waals surface area (Å²) in [5.74, 6) is 0.592. The van der Waals surface area contributed by atoms with Crippen molar-refractivity contribution in [1.29, 1.82) is 1.43 Å². The highest BCUT2D eigenvalue weighted by molar-refractivity contribution is 5.75. The maximum absolute atomic E-state index is 11.1. The van der Waals surface area contributed by atoms with Crippen LogP contribution in [-0.4, -0.2) is 42.8 Å². The summed E-state index contributed by atoms with van der Waals surface area (Å²) in [6.45, 7) is 13.8. The Balaban J connectivity index is 4.02. The van der Waals surface area contributed by atoms with Gasteiger partial charge in [-0.25, -0.2) is 0 Å². The largest absolute Gasteiger partial charge is 0.393 e. The number of rotatable bonds is 13. The van der Waals surface area contributed by atoms with Gasteiger partial charge in [0.25, 0.3) is 0 Å². The Bertz CT molecular complexity index is 324. The van der Waals surface area contributed by atoms with Crippen LogP contribution < -0.4 is 0 Å². The lowest BCUT2D eigenvalue weighted by molar-refractivity contribution is -0.118. The van der Waals surface area contributed by atoms with Crippen LogP contribution in [0.3, 0.4) is 0 Å². The van der Waals surface area contributed by atoms with E-state index in [0.29, 0.717) is 18.8 Å². The van der Waals surface area contributed by atoms with Crippen molar-refractivity contribution < 1.29 is 19.4 Å². The summed E-state index contributed by atoms with van der Waals surface area (Å²) in [6.07, 6.45) is 3.35. The monoisotopic (exact) mass is 318 g/mol. The van der Waals surface area contributed by atoms with Crippen molar-refractivity contribution in [3.63, 3.8) is 0 Å². The van der Waals surface area contributed by atoms with Crippen LogP contribution in [0.2, 0.25) is 0 Å². The van der Waals surface area contributed by atoms with Crippen LogP contribution in [0, 0.1) is 5.92 Å². The van der Waals surface area contributed by atoms with Crippen LogP contribution >= 0.6 is 0 Å². The zero-order chi connectivity index (χ0) is 18.0. The maximum atomic E-state index is 11.1. The van der Waals surface area contributed by atoms with E-state index in [1.165, 1.54) is 0 Å². The van der Waals surface area contributed by atoms with Gasteiger partial charge in [-0.1, -0.05) is 6.92 Å². The first-order valence-corrected chi connectivity index (χ1v) is 8.56. The smallest absolute Gasteiger partial charge is 0.210 e. The van der Waals surface area contributed by atoms with Gasteiger partial charge in [0, 0.05) is 6.42 Å². The molecule has 0 rings (SSSR count). The molecule has 0 bridgehead atoms. The molecule has 0 aromatic carbocycles. The van der Waals surface area contributed by atoms with Crippen LogP contribution in [-0.2, 0) is 14.3 Å². The van der Waals surface area contributed by atoms with Crippen molar-refractivity contribution in [2.45, 2.75) is 105 Å². The van der Waals surface area contributed by atoms with E-state index in [1.807, 2.05) is 20.8 Å². The lowest BCUT2D eigenvalue weighted by atomic mass is 9.98. The molecule has 0 aliphatic carbocycles. The molecule has 132 valence electrons. The van der Waals surface area contributed by atoms with E-state index >= 15 is 0 Å². The number of ether oxygens (including phenoxy) is 2. The second-order valence-corrected chi connectivity index (χ2v) is 7.04. The number of Topliss-reactive ketones (excluding diaryl/α,β-unsaturated/α-hetero) is 1. The van der Waals surface area contributed by atoms with Crippen LogP contribution in [0.5, 0.6) is 0 Å². The van der Waals surface area contributed by atoms with Gasteiger partial charge in [-0.3, -0.25) is 0 Å². The molecular weight excluding hydrogens is 280 g/mol. The lowest BCUT2D eigenvalue weighted by Gasteiger charge is -2.26. The Morgan fingerprint density at radius 2 is 1.36 bits per heavy atom. The van der Waals surface area contributed by atoms with Gasteiger partial charge in [-0.05, 0) is 66.7 Å². The Hall–Kier alpha value is -0.450. The Morgan fingerprint density at radius 1 is 0.909 bits per heavy atom. The first kappa shape index (κ1) is 19.6. The molecule has 0 amide bonds. The molecule has 0 aromatic heterocycles. The number of aliphatic hydroxyl groups excluding tert-OH is 1. The topological polar surface area (TPSA) is 55.8 Å². The van der Waals surface area contributed by atoms with E-state index in [-0.39, 0.29) is 36.3 Å². The zero-order valence-corrected chi connectivity index (χ0v) is 15.4. The second-order valence-electron chi connectivity index (χ2n) is 7.04. The summed E-state index contributed by atoms with van der Waals surface area (Å²) >= 11 is 0. The van der Waals surface area contributed by atoms with Crippen molar-refractivity contribution in [2.75, 3.05) is 0 Å².